The van der Waals surface area contributed by atoms with Crippen molar-refractivity contribution in [2.75, 3.05) is 29.3 Å². The van der Waals surface area contributed by atoms with Crippen LogP contribution >= 0.6 is 0 Å². The molecule has 1 fully saturated rings. The molecule has 6 nitrogen and oxygen atoms in total. The van der Waals surface area contributed by atoms with Crippen LogP contribution in [0.15, 0.2) is 108 Å². The van der Waals surface area contributed by atoms with Crippen molar-refractivity contribution in [1.82, 2.24) is 4.98 Å². The van der Waals surface area contributed by atoms with Crippen LogP contribution in [0.4, 0.5) is 11.4 Å². The molecule has 2 heterocycles. The van der Waals surface area contributed by atoms with E-state index in [0.29, 0.717) is 18.2 Å². The van der Waals surface area contributed by atoms with Crippen LogP contribution in [0, 0.1) is 5.92 Å². The molecule has 1 N–H and O–H groups in total. The van der Waals surface area contributed by atoms with Crippen LogP contribution in [0.5, 0.6) is 5.75 Å². The zero-order valence-corrected chi connectivity index (χ0v) is 20.8. The van der Waals surface area contributed by atoms with Crippen LogP contribution in [0.2, 0.25) is 0 Å². The fourth-order valence-electron chi connectivity index (χ4n) is 4.42. The number of hydrogen-bond donors (Lipinski definition) is 1. The summed E-state index contributed by atoms with van der Waals surface area (Å²) < 4.78 is 34.4. The quantitative estimate of drug-likeness (QED) is 0.330. The molecule has 0 saturated carbocycles. The summed E-state index contributed by atoms with van der Waals surface area (Å²) in [6.45, 7) is 2.67. The molecular weight excluding hydrogens is 470 g/mol. The van der Waals surface area contributed by atoms with Gasteiger partial charge < -0.3 is 9.64 Å². The van der Waals surface area contributed by atoms with Gasteiger partial charge in [-0.3, -0.25) is 9.71 Å². The van der Waals surface area contributed by atoms with Crippen molar-refractivity contribution in [3.8, 4) is 16.9 Å². The number of aromatic nitrogens is 1. The number of rotatable bonds is 8. The van der Waals surface area contributed by atoms with Crippen LogP contribution < -0.4 is 14.4 Å². The van der Waals surface area contributed by atoms with Crippen LogP contribution in [0.1, 0.15) is 12.8 Å². The molecule has 5 rings (SSSR count). The maximum Gasteiger partial charge on any atom is 0.261 e. The first-order chi connectivity index (χ1) is 17.6. The van der Waals surface area contributed by atoms with Gasteiger partial charge in [0.25, 0.3) is 10.0 Å². The standard InChI is InChI=1S/C29H29N3O3S/c33-36(34,29-12-6-25(7-13-29)24-4-2-1-3-5-24)31-26-8-10-28(11-9-26)35-22-23-16-20-32(21-17-23)27-14-18-30-19-15-27/h1-15,18-19,23,31H,16-17,20-22H2. The summed E-state index contributed by atoms with van der Waals surface area (Å²) >= 11 is 0. The lowest BCUT2D eigenvalue weighted by Crippen LogP contribution is -2.35. The minimum absolute atomic E-state index is 0.223. The summed E-state index contributed by atoms with van der Waals surface area (Å²) in [5, 5.41) is 0. The predicted molar refractivity (Wildman–Crippen MR) is 144 cm³/mol. The van der Waals surface area contributed by atoms with Crippen molar-refractivity contribution in [2.24, 2.45) is 5.92 Å². The van der Waals surface area contributed by atoms with Gasteiger partial charge in [-0.2, -0.15) is 0 Å². The second kappa shape index (κ2) is 10.8. The Labute approximate surface area is 212 Å². The lowest BCUT2D eigenvalue weighted by molar-refractivity contribution is 0.223. The van der Waals surface area contributed by atoms with E-state index in [-0.39, 0.29) is 4.90 Å². The average molecular weight is 500 g/mol. The second-order valence-corrected chi connectivity index (χ2v) is 10.6. The molecule has 184 valence electrons. The van der Waals surface area contributed by atoms with Gasteiger partial charge in [-0.25, -0.2) is 8.42 Å². The molecule has 1 aliphatic heterocycles. The van der Waals surface area contributed by atoms with Crippen molar-refractivity contribution < 1.29 is 13.2 Å². The minimum Gasteiger partial charge on any atom is -0.493 e. The number of nitrogens with zero attached hydrogens (tertiary/aromatic N) is 2. The molecule has 7 heteroatoms. The van der Waals surface area contributed by atoms with E-state index in [2.05, 4.69) is 14.6 Å². The topological polar surface area (TPSA) is 71.5 Å². The van der Waals surface area contributed by atoms with Crippen LogP contribution in [0.25, 0.3) is 11.1 Å². The number of sulfonamides is 1. The van der Waals surface area contributed by atoms with Gasteiger partial charge in [-0.05, 0) is 78.4 Å². The third-order valence-electron chi connectivity index (χ3n) is 6.51. The van der Waals surface area contributed by atoms with Gasteiger partial charge in [-0.1, -0.05) is 42.5 Å². The summed E-state index contributed by atoms with van der Waals surface area (Å²) in [6, 6.07) is 27.9. The summed E-state index contributed by atoms with van der Waals surface area (Å²) in [6.07, 6.45) is 5.80. The third kappa shape index (κ3) is 5.86. The monoisotopic (exact) mass is 499 g/mol. The summed E-state index contributed by atoms with van der Waals surface area (Å²) in [4.78, 5) is 6.69. The highest BCUT2D eigenvalue weighted by molar-refractivity contribution is 7.92. The Balaban J connectivity index is 1.13. The highest BCUT2D eigenvalue weighted by atomic mass is 32.2. The van der Waals surface area contributed by atoms with Gasteiger partial charge in [-0.15, -0.1) is 0 Å². The summed E-state index contributed by atoms with van der Waals surface area (Å²) in [5.41, 5.74) is 3.73. The van der Waals surface area contributed by atoms with Gasteiger partial charge in [0.2, 0.25) is 0 Å². The Kier molecular flexibility index (Phi) is 7.18. The van der Waals surface area contributed by atoms with Crippen LogP contribution in [-0.2, 0) is 10.0 Å². The molecule has 0 spiro atoms. The summed E-state index contributed by atoms with van der Waals surface area (Å²) in [7, 11) is -3.68. The largest absolute Gasteiger partial charge is 0.493 e. The SMILES string of the molecule is O=S(=O)(Nc1ccc(OCC2CCN(c3ccncc3)CC2)cc1)c1ccc(-c2ccccc2)cc1. The zero-order chi connectivity index (χ0) is 24.8. The maximum atomic E-state index is 12.8. The van der Waals surface area contributed by atoms with Gasteiger partial charge in [0.1, 0.15) is 5.75 Å². The molecule has 1 aromatic heterocycles. The highest BCUT2D eigenvalue weighted by Gasteiger charge is 2.20. The van der Waals surface area contributed by atoms with E-state index in [1.165, 1.54) is 5.69 Å². The molecule has 0 amide bonds. The number of nitrogens with one attached hydrogen (secondary N) is 1. The number of piperidine rings is 1. The summed E-state index contributed by atoms with van der Waals surface area (Å²) in [5.74, 6) is 1.24. The van der Waals surface area contributed by atoms with E-state index in [0.717, 1.165) is 42.8 Å². The normalized spacial score (nSPS) is 14.4. The number of pyridine rings is 1. The minimum atomic E-state index is -3.68. The lowest BCUT2D eigenvalue weighted by atomic mass is 9.97. The van der Waals surface area contributed by atoms with E-state index >= 15 is 0 Å². The van der Waals surface area contributed by atoms with E-state index in [9.17, 15) is 8.42 Å². The number of ether oxygens (including phenoxy) is 1. The molecule has 1 aliphatic rings. The van der Waals surface area contributed by atoms with Crippen molar-refractivity contribution in [1.29, 1.82) is 0 Å². The smallest absolute Gasteiger partial charge is 0.261 e. The second-order valence-electron chi connectivity index (χ2n) is 8.97. The Morgan fingerprint density at radius 1 is 0.806 bits per heavy atom. The highest BCUT2D eigenvalue weighted by Crippen LogP contribution is 2.26. The van der Waals surface area contributed by atoms with Gasteiger partial charge in [0.05, 0.1) is 11.5 Å². The molecule has 0 unspecified atom stereocenters. The predicted octanol–water partition coefficient (Wildman–Crippen LogP) is 5.84. The molecule has 3 aromatic carbocycles. The van der Waals surface area contributed by atoms with E-state index < -0.39 is 10.0 Å². The molecule has 0 radical (unpaired) electrons. The maximum absolute atomic E-state index is 12.8. The van der Waals surface area contributed by atoms with E-state index in [4.69, 9.17) is 4.74 Å². The Bertz CT molecular complexity index is 1350. The lowest BCUT2D eigenvalue weighted by Gasteiger charge is -2.33. The van der Waals surface area contributed by atoms with E-state index in [1.807, 2.05) is 79.1 Å². The Morgan fingerprint density at radius 3 is 2.11 bits per heavy atom. The van der Waals surface area contributed by atoms with Crippen molar-refractivity contribution >= 4 is 21.4 Å². The first-order valence-electron chi connectivity index (χ1n) is 12.1. The molecular formula is C29H29N3O3S. The molecule has 0 aliphatic carbocycles. The molecule has 1 saturated heterocycles. The Hall–Kier alpha value is -3.84. The number of anilines is 2. The zero-order valence-electron chi connectivity index (χ0n) is 20.0. The molecule has 4 aromatic rings. The molecule has 0 atom stereocenters. The fourth-order valence-corrected chi connectivity index (χ4v) is 5.48. The third-order valence-corrected chi connectivity index (χ3v) is 7.90. The molecule has 0 bridgehead atoms. The first-order valence-corrected chi connectivity index (χ1v) is 13.6. The Morgan fingerprint density at radius 2 is 1.44 bits per heavy atom. The average Bonchev–Trinajstić information content (AvgIpc) is 2.94. The van der Waals surface area contributed by atoms with Crippen LogP contribution in [0.3, 0.4) is 0 Å². The van der Waals surface area contributed by atoms with Gasteiger partial charge >= 0.3 is 0 Å². The van der Waals surface area contributed by atoms with Gasteiger partial charge in [0, 0.05) is 36.9 Å². The van der Waals surface area contributed by atoms with E-state index in [1.54, 1.807) is 24.3 Å². The van der Waals surface area contributed by atoms with Crippen LogP contribution in [-0.4, -0.2) is 33.1 Å². The number of hydrogen-bond acceptors (Lipinski definition) is 5. The van der Waals surface area contributed by atoms with Crippen molar-refractivity contribution in [3.05, 3.63) is 103 Å². The fraction of sp³-hybridized carbons (Fsp3) is 0.207. The van der Waals surface area contributed by atoms with Gasteiger partial charge in [0.15, 0.2) is 0 Å². The number of benzene rings is 3. The van der Waals surface area contributed by atoms with Crippen molar-refractivity contribution in [3.63, 3.8) is 0 Å². The first kappa shape index (κ1) is 23.9. The van der Waals surface area contributed by atoms with Crippen molar-refractivity contribution in [2.45, 2.75) is 17.7 Å². The molecule has 36 heavy (non-hydrogen) atoms.